The van der Waals surface area contributed by atoms with Crippen molar-refractivity contribution in [2.24, 2.45) is 0 Å². The van der Waals surface area contributed by atoms with Crippen LogP contribution in [0.4, 0.5) is 0 Å². The third kappa shape index (κ3) is 2.07. The van der Waals surface area contributed by atoms with Gasteiger partial charge in [-0.15, -0.1) is 0 Å². The first kappa shape index (κ1) is 9.53. The molecule has 14 heavy (non-hydrogen) atoms. The molecule has 1 N–H and O–H groups in total. The summed E-state index contributed by atoms with van der Waals surface area (Å²) in [6.45, 7) is 5.00. The lowest BCUT2D eigenvalue weighted by Crippen LogP contribution is -2.00. The first-order valence-electron chi connectivity index (χ1n) is 5.35. The van der Waals surface area contributed by atoms with Gasteiger partial charge in [0.15, 0.2) is 0 Å². The minimum atomic E-state index is 0.836. The summed E-state index contributed by atoms with van der Waals surface area (Å²) in [4.78, 5) is 0. The molecular formula is C12H17NO. The van der Waals surface area contributed by atoms with E-state index in [2.05, 4.69) is 30.4 Å². The first-order chi connectivity index (χ1) is 6.90. The summed E-state index contributed by atoms with van der Waals surface area (Å²) < 4.78 is 5.64. The van der Waals surface area contributed by atoms with Crippen molar-refractivity contribution in [3.8, 4) is 5.75 Å². The summed E-state index contributed by atoms with van der Waals surface area (Å²) in [6.07, 6.45) is 2.32. The number of unbranched alkanes of at least 4 members (excludes halogenated alkanes) is 1. The topological polar surface area (TPSA) is 21.3 Å². The number of hydrogen-bond acceptors (Lipinski definition) is 2. The summed E-state index contributed by atoms with van der Waals surface area (Å²) >= 11 is 0. The van der Waals surface area contributed by atoms with Crippen molar-refractivity contribution in [1.82, 2.24) is 5.32 Å². The largest absolute Gasteiger partial charge is 0.494 e. The summed E-state index contributed by atoms with van der Waals surface area (Å²) in [5, 5.41) is 3.33. The summed E-state index contributed by atoms with van der Waals surface area (Å²) in [5.41, 5.74) is 2.80. The molecule has 0 bridgehead atoms. The molecule has 1 heterocycles. The average molecular weight is 191 g/mol. The molecule has 1 aliphatic rings. The van der Waals surface area contributed by atoms with Crippen LogP contribution in [-0.2, 0) is 13.1 Å². The molecule has 2 rings (SSSR count). The normalized spacial score (nSPS) is 14.1. The quantitative estimate of drug-likeness (QED) is 0.738. The first-order valence-corrected chi connectivity index (χ1v) is 5.35. The fourth-order valence-electron chi connectivity index (χ4n) is 1.70. The van der Waals surface area contributed by atoms with E-state index >= 15 is 0 Å². The highest BCUT2D eigenvalue weighted by Gasteiger charge is 2.09. The lowest BCUT2D eigenvalue weighted by molar-refractivity contribution is 0.309. The van der Waals surface area contributed by atoms with Crippen molar-refractivity contribution in [3.05, 3.63) is 29.3 Å². The Kier molecular flexibility index (Phi) is 3.04. The summed E-state index contributed by atoms with van der Waals surface area (Å²) in [7, 11) is 0. The minimum Gasteiger partial charge on any atom is -0.494 e. The van der Waals surface area contributed by atoms with Gasteiger partial charge in [-0.2, -0.15) is 0 Å². The second kappa shape index (κ2) is 4.47. The molecule has 0 radical (unpaired) electrons. The van der Waals surface area contributed by atoms with Crippen LogP contribution in [0.3, 0.4) is 0 Å². The molecule has 0 spiro atoms. The average Bonchev–Trinajstić information content (AvgIpc) is 2.65. The highest BCUT2D eigenvalue weighted by Crippen LogP contribution is 2.21. The maximum absolute atomic E-state index is 5.64. The van der Waals surface area contributed by atoms with Crippen molar-refractivity contribution >= 4 is 0 Å². The van der Waals surface area contributed by atoms with Crippen LogP contribution in [0.25, 0.3) is 0 Å². The third-order valence-corrected chi connectivity index (χ3v) is 2.58. The molecule has 1 aromatic rings. The van der Waals surface area contributed by atoms with E-state index in [1.165, 1.54) is 17.5 Å². The van der Waals surface area contributed by atoms with Gasteiger partial charge in [-0.25, -0.2) is 0 Å². The number of hydrogen-bond donors (Lipinski definition) is 1. The number of benzene rings is 1. The van der Waals surface area contributed by atoms with Crippen LogP contribution in [-0.4, -0.2) is 6.61 Å². The number of fused-ring (bicyclic) bond motifs is 1. The van der Waals surface area contributed by atoms with Gasteiger partial charge in [0, 0.05) is 13.1 Å². The van der Waals surface area contributed by atoms with E-state index in [0.29, 0.717) is 0 Å². The second-order valence-electron chi connectivity index (χ2n) is 3.74. The molecule has 0 saturated carbocycles. The Hall–Kier alpha value is -1.02. The smallest absolute Gasteiger partial charge is 0.119 e. The molecule has 2 heteroatoms. The fourth-order valence-corrected chi connectivity index (χ4v) is 1.70. The molecule has 1 aliphatic heterocycles. The van der Waals surface area contributed by atoms with Crippen molar-refractivity contribution in [1.29, 1.82) is 0 Å². The van der Waals surface area contributed by atoms with Crippen LogP contribution in [0.2, 0.25) is 0 Å². The van der Waals surface area contributed by atoms with Crippen molar-refractivity contribution < 1.29 is 4.74 Å². The Bertz CT molecular complexity index is 309. The van der Waals surface area contributed by atoms with Gasteiger partial charge in [0.1, 0.15) is 5.75 Å². The number of rotatable bonds is 4. The van der Waals surface area contributed by atoms with Gasteiger partial charge in [-0.05, 0) is 29.7 Å². The van der Waals surface area contributed by atoms with Gasteiger partial charge in [0.2, 0.25) is 0 Å². The Balaban J connectivity index is 1.98. The molecule has 0 saturated heterocycles. The van der Waals surface area contributed by atoms with Gasteiger partial charge < -0.3 is 10.1 Å². The van der Waals surface area contributed by atoms with Gasteiger partial charge >= 0.3 is 0 Å². The molecule has 0 aliphatic carbocycles. The Morgan fingerprint density at radius 1 is 1.29 bits per heavy atom. The molecule has 0 fully saturated rings. The van der Waals surface area contributed by atoms with Crippen LogP contribution < -0.4 is 10.1 Å². The van der Waals surface area contributed by atoms with Crippen LogP contribution in [0.5, 0.6) is 5.75 Å². The van der Waals surface area contributed by atoms with E-state index in [-0.39, 0.29) is 0 Å². The van der Waals surface area contributed by atoms with Crippen molar-refractivity contribution in [2.45, 2.75) is 32.9 Å². The zero-order valence-electron chi connectivity index (χ0n) is 8.68. The Labute approximate surface area is 85.3 Å². The van der Waals surface area contributed by atoms with Crippen molar-refractivity contribution in [2.75, 3.05) is 6.61 Å². The standard InChI is InChI=1S/C12H17NO/c1-2-3-6-14-12-5-4-10-8-13-9-11(10)7-12/h4-5,7,13H,2-3,6,8-9H2,1H3. The monoisotopic (exact) mass is 191 g/mol. The van der Waals surface area contributed by atoms with E-state index in [1.54, 1.807) is 0 Å². The van der Waals surface area contributed by atoms with E-state index < -0.39 is 0 Å². The molecule has 0 atom stereocenters. The molecule has 76 valence electrons. The van der Waals surface area contributed by atoms with Crippen LogP contribution in [0, 0.1) is 0 Å². The molecule has 1 aromatic carbocycles. The summed E-state index contributed by atoms with van der Waals surface area (Å²) in [5.74, 6) is 1.01. The van der Waals surface area contributed by atoms with Crippen LogP contribution >= 0.6 is 0 Å². The van der Waals surface area contributed by atoms with Gasteiger partial charge in [0.05, 0.1) is 6.61 Å². The molecular weight excluding hydrogens is 174 g/mol. The second-order valence-corrected chi connectivity index (χ2v) is 3.74. The number of nitrogens with one attached hydrogen (secondary N) is 1. The maximum Gasteiger partial charge on any atom is 0.119 e. The molecule has 2 nitrogen and oxygen atoms in total. The zero-order chi connectivity index (χ0) is 9.80. The lowest BCUT2D eigenvalue weighted by Gasteiger charge is -2.06. The Morgan fingerprint density at radius 3 is 3.00 bits per heavy atom. The molecule has 0 amide bonds. The minimum absolute atomic E-state index is 0.836. The lowest BCUT2D eigenvalue weighted by atomic mass is 10.1. The van der Waals surface area contributed by atoms with Crippen molar-refractivity contribution in [3.63, 3.8) is 0 Å². The van der Waals surface area contributed by atoms with E-state index in [9.17, 15) is 0 Å². The fraction of sp³-hybridized carbons (Fsp3) is 0.500. The predicted molar refractivity (Wildman–Crippen MR) is 57.4 cm³/mol. The highest BCUT2D eigenvalue weighted by molar-refractivity contribution is 5.37. The Morgan fingerprint density at radius 2 is 2.14 bits per heavy atom. The van der Waals surface area contributed by atoms with E-state index in [0.717, 1.165) is 31.9 Å². The van der Waals surface area contributed by atoms with E-state index in [4.69, 9.17) is 4.74 Å². The zero-order valence-corrected chi connectivity index (χ0v) is 8.68. The van der Waals surface area contributed by atoms with E-state index in [1.807, 2.05) is 0 Å². The maximum atomic E-state index is 5.64. The molecule has 0 aromatic heterocycles. The summed E-state index contributed by atoms with van der Waals surface area (Å²) in [6, 6.07) is 6.39. The van der Waals surface area contributed by atoms with Crippen LogP contribution in [0.1, 0.15) is 30.9 Å². The SMILES string of the molecule is CCCCOc1ccc2c(c1)CNC2. The highest BCUT2D eigenvalue weighted by atomic mass is 16.5. The van der Waals surface area contributed by atoms with Gasteiger partial charge in [0.25, 0.3) is 0 Å². The number of ether oxygens (including phenoxy) is 1. The third-order valence-electron chi connectivity index (χ3n) is 2.58. The molecule has 0 unspecified atom stereocenters. The van der Waals surface area contributed by atoms with Crippen LogP contribution in [0.15, 0.2) is 18.2 Å². The predicted octanol–water partition coefficient (Wildman–Crippen LogP) is 2.47. The van der Waals surface area contributed by atoms with Gasteiger partial charge in [-0.1, -0.05) is 19.4 Å². The van der Waals surface area contributed by atoms with Gasteiger partial charge in [-0.3, -0.25) is 0 Å².